The topological polar surface area (TPSA) is 83.4 Å². The predicted molar refractivity (Wildman–Crippen MR) is 237 cm³/mol. The van der Waals surface area contributed by atoms with Crippen molar-refractivity contribution >= 4 is 60.7 Å². The summed E-state index contributed by atoms with van der Waals surface area (Å²) in [4.78, 5) is 16.1. The fourth-order valence-electron chi connectivity index (χ4n) is 8.31. The highest BCUT2D eigenvalue weighted by molar-refractivity contribution is 6.12. The SMILES string of the molecule is [C-]#[N+]c1ccc(-c2cc(-n3c4ccccc4c4cc(-c5cc(C#N)cc([N+]#[C-])c5)ccc43)ncc2-n2c3ccccc3c3cc(-c4cc(C#N)cc([N+]#[C-])c4)ccc32)cc1. The first-order valence-corrected chi connectivity index (χ1v) is 18.9. The van der Waals surface area contributed by atoms with Crippen LogP contribution in [-0.4, -0.2) is 14.1 Å². The van der Waals surface area contributed by atoms with Crippen LogP contribution in [0.2, 0.25) is 0 Å². The van der Waals surface area contributed by atoms with Crippen LogP contribution in [0.25, 0.3) is 103 Å². The molecule has 0 bridgehead atoms. The monoisotopic (exact) mass is 762 g/mol. The smallest absolute Gasteiger partial charge is 0.189 e. The zero-order valence-corrected chi connectivity index (χ0v) is 31.6. The summed E-state index contributed by atoms with van der Waals surface area (Å²) in [5.74, 6) is 0.708. The van der Waals surface area contributed by atoms with E-state index >= 15 is 0 Å². The number of pyridine rings is 1. The molecule has 0 aliphatic heterocycles. The Hall–Kier alpha value is -9.26. The summed E-state index contributed by atoms with van der Waals surface area (Å²) in [6.07, 6.45) is 1.92. The summed E-state index contributed by atoms with van der Waals surface area (Å²) in [6, 6.07) is 53.5. The molecular formula is C52H26N8. The molecule has 0 N–H and O–H groups in total. The second-order valence-corrected chi connectivity index (χ2v) is 14.4. The first-order valence-electron chi connectivity index (χ1n) is 18.9. The summed E-state index contributed by atoms with van der Waals surface area (Å²) >= 11 is 0. The number of aromatic nitrogens is 3. The van der Waals surface area contributed by atoms with Gasteiger partial charge in [0.05, 0.1) is 65.8 Å². The zero-order valence-electron chi connectivity index (χ0n) is 31.6. The molecule has 0 aliphatic carbocycles. The maximum Gasteiger partial charge on any atom is 0.189 e. The van der Waals surface area contributed by atoms with Crippen molar-refractivity contribution in [1.29, 1.82) is 10.5 Å². The molecule has 0 aliphatic rings. The Morgan fingerprint density at radius 1 is 0.433 bits per heavy atom. The van der Waals surface area contributed by atoms with E-state index in [1.54, 1.807) is 12.1 Å². The lowest BCUT2D eigenvalue weighted by atomic mass is 10.00. The summed E-state index contributed by atoms with van der Waals surface area (Å²) in [7, 11) is 0. The summed E-state index contributed by atoms with van der Waals surface area (Å²) < 4.78 is 4.39. The van der Waals surface area contributed by atoms with E-state index in [4.69, 9.17) is 24.7 Å². The van der Waals surface area contributed by atoms with E-state index in [1.165, 1.54) is 0 Å². The van der Waals surface area contributed by atoms with Gasteiger partial charge < -0.3 is 4.57 Å². The highest BCUT2D eigenvalue weighted by atomic mass is 15.1. The standard InChI is InChI=1S/C52H26N8/c1-55-39-16-12-34(13-17-39)44-28-52(60-48-11-7-5-9-43(48)46-27-36(15-19-50(46)60)38-21-33(30-54)23-41(25-38)57-3)58-31-51(44)59-47-10-6-4-8-42(47)45-26-35(14-18-49(45)59)37-20-32(29-53)22-40(24-37)56-2/h4-28,31H. The van der Waals surface area contributed by atoms with Gasteiger partial charge in [0.2, 0.25) is 0 Å². The third kappa shape index (κ3) is 5.69. The largest absolute Gasteiger partial charge is 0.307 e. The lowest BCUT2D eigenvalue weighted by Crippen LogP contribution is -2.03. The molecule has 0 atom stereocenters. The number of para-hydroxylation sites is 2. The van der Waals surface area contributed by atoms with E-state index in [1.807, 2.05) is 91.1 Å². The van der Waals surface area contributed by atoms with Crippen molar-refractivity contribution in [1.82, 2.24) is 14.1 Å². The summed E-state index contributed by atoms with van der Waals surface area (Å²) in [5.41, 5.74) is 12.2. The second kappa shape index (κ2) is 14.0. The Balaban J connectivity index is 1.20. The van der Waals surface area contributed by atoms with Crippen LogP contribution in [0.4, 0.5) is 17.1 Å². The molecule has 0 saturated heterocycles. The van der Waals surface area contributed by atoms with E-state index in [0.29, 0.717) is 34.0 Å². The van der Waals surface area contributed by atoms with Crippen LogP contribution in [-0.2, 0) is 0 Å². The first kappa shape index (κ1) is 35.2. The first-order chi connectivity index (χ1) is 29.5. The number of benzene rings is 7. The Morgan fingerprint density at radius 3 is 1.45 bits per heavy atom. The fraction of sp³-hybridized carbons (Fsp3) is 0. The van der Waals surface area contributed by atoms with Gasteiger partial charge >= 0.3 is 0 Å². The van der Waals surface area contributed by atoms with Crippen LogP contribution in [0.3, 0.4) is 0 Å². The molecule has 8 nitrogen and oxygen atoms in total. The lowest BCUT2D eigenvalue weighted by molar-refractivity contribution is 1.06. The van der Waals surface area contributed by atoms with Crippen LogP contribution in [0.5, 0.6) is 0 Å². The van der Waals surface area contributed by atoms with Crippen molar-refractivity contribution < 1.29 is 0 Å². The number of hydrogen-bond acceptors (Lipinski definition) is 3. The summed E-state index contributed by atoms with van der Waals surface area (Å²) in [6.45, 7) is 22.8. The number of nitrogens with zero attached hydrogens (tertiary/aromatic N) is 8. The second-order valence-electron chi connectivity index (χ2n) is 14.4. The Labute approximate surface area is 344 Å². The number of nitriles is 2. The molecule has 3 aromatic heterocycles. The molecule has 10 rings (SSSR count). The predicted octanol–water partition coefficient (Wildman–Crippen LogP) is 13.7. The van der Waals surface area contributed by atoms with Gasteiger partial charge in [-0.15, -0.1) is 0 Å². The Morgan fingerprint density at radius 2 is 0.917 bits per heavy atom. The van der Waals surface area contributed by atoms with Gasteiger partial charge in [-0.25, -0.2) is 19.5 Å². The quantitative estimate of drug-likeness (QED) is 0.164. The highest BCUT2D eigenvalue weighted by Crippen LogP contribution is 2.41. The van der Waals surface area contributed by atoms with Crippen molar-refractivity contribution in [3.63, 3.8) is 0 Å². The number of rotatable bonds is 5. The molecule has 274 valence electrons. The van der Waals surface area contributed by atoms with Gasteiger partial charge in [0.15, 0.2) is 17.1 Å². The number of fused-ring (bicyclic) bond motifs is 6. The molecule has 3 heterocycles. The van der Waals surface area contributed by atoms with Crippen molar-refractivity contribution in [2.24, 2.45) is 0 Å². The molecule has 0 radical (unpaired) electrons. The van der Waals surface area contributed by atoms with Crippen LogP contribution in [0, 0.1) is 42.4 Å². The van der Waals surface area contributed by atoms with Crippen LogP contribution >= 0.6 is 0 Å². The molecular weight excluding hydrogens is 737 g/mol. The third-order valence-electron chi connectivity index (χ3n) is 11.0. The van der Waals surface area contributed by atoms with Crippen molar-refractivity contribution in [3.05, 3.63) is 203 Å². The van der Waals surface area contributed by atoms with Gasteiger partial charge in [0.25, 0.3) is 0 Å². The maximum atomic E-state index is 9.70. The molecule has 10 aromatic rings. The average Bonchev–Trinajstić information content (AvgIpc) is 3.83. The minimum Gasteiger partial charge on any atom is -0.307 e. The van der Waals surface area contributed by atoms with Crippen LogP contribution in [0.15, 0.2) is 158 Å². The lowest BCUT2D eigenvalue weighted by Gasteiger charge is -2.17. The van der Waals surface area contributed by atoms with E-state index in [-0.39, 0.29) is 0 Å². The van der Waals surface area contributed by atoms with Gasteiger partial charge in [0.1, 0.15) is 5.82 Å². The van der Waals surface area contributed by atoms with E-state index in [0.717, 1.165) is 82.7 Å². The summed E-state index contributed by atoms with van der Waals surface area (Å²) in [5, 5.41) is 23.5. The van der Waals surface area contributed by atoms with E-state index < -0.39 is 0 Å². The molecule has 0 fully saturated rings. The Bertz CT molecular complexity index is 3600. The molecule has 0 saturated carbocycles. The Kier molecular flexibility index (Phi) is 8.23. The van der Waals surface area contributed by atoms with Gasteiger partial charge in [-0.2, -0.15) is 10.5 Å². The van der Waals surface area contributed by atoms with E-state index in [9.17, 15) is 10.5 Å². The third-order valence-corrected chi connectivity index (χ3v) is 11.0. The molecule has 7 aromatic carbocycles. The van der Waals surface area contributed by atoms with Crippen molar-refractivity contribution in [3.8, 4) is 57.0 Å². The normalized spacial score (nSPS) is 10.9. The minimum absolute atomic E-state index is 0.413. The molecule has 8 heteroatoms. The van der Waals surface area contributed by atoms with Gasteiger partial charge in [-0.1, -0.05) is 72.8 Å². The van der Waals surface area contributed by atoms with E-state index in [2.05, 4.69) is 90.4 Å². The van der Waals surface area contributed by atoms with Gasteiger partial charge in [-0.05, 0) is 107 Å². The van der Waals surface area contributed by atoms with Gasteiger partial charge in [0, 0.05) is 38.2 Å². The maximum absolute atomic E-state index is 9.70. The molecule has 60 heavy (non-hydrogen) atoms. The fourth-order valence-corrected chi connectivity index (χ4v) is 8.31. The van der Waals surface area contributed by atoms with Crippen molar-refractivity contribution in [2.75, 3.05) is 0 Å². The van der Waals surface area contributed by atoms with Crippen LogP contribution < -0.4 is 0 Å². The molecule has 0 amide bonds. The van der Waals surface area contributed by atoms with Gasteiger partial charge in [-0.3, -0.25) is 4.57 Å². The highest BCUT2D eigenvalue weighted by Gasteiger charge is 2.21. The molecule has 0 spiro atoms. The minimum atomic E-state index is 0.413. The number of hydrogen-bond donors (Lipinski definition) is 0. The van der Waals surface area contributed by atoms with Crippen LogP contribution in [0.1, 0.15) is 11.1 Å². The average molecular weight is 763 g/mol. The zero-order chi connectivity index (χ0) is 40.9. The van der Waals surface area contributed by atoms with Crippen molar-refractivity contribution in [2.45, 2.75) is 0 Å². The molecule has 0 unspecified atom stereocenters.